The van der Waals surface area contributed by atoms with Gasteiger partial charge in [0.25, 0.3) is 0 Å². The average molecular weight is 494 g/mol. The van der Waals surface area contributed by atoms with Crippen molar-refractivity contribution in [2.24, 2.45) is 0 Å². The van der Waals surface area contributed by atoms with Gasteiger partial charge in [-0.2, -0.15) is 11.8 Å². The molecular formula is C28H31NO5S. The molecule has 0 saturated carbocycles. The summed E-state index contributed by atoms with van der Waals surface area (Å²) in [7, 11) is 0. The fraction of sp³-hybridized carbons (Fsp3) is 0.357. The first-order valence-corrected chi connectivity index (χ1v) is 13.1. The molecule has 0 aliphatic carbocycles. The number of hydrogen-bond donors (Lipinski definition) is 1. The summed E-state index contributed by atoms with van der Waals surface area (Å²) < 4.78 is 17.5. The van der Waals surface area contributed by atoms with E-state index < -0.39 is 5.97 Å². The molecule has 1 N–H and O–H groups in total. The maximum Gasteiger partial charge on any atom is 0.304 e. The lowest BCUT2D eigenvalue weighted by molar-refractivity contribution is -0.137. The van der Waals surface area contributed by atoms with Gasteiger partial charge in [0.1, 0.15) is 18.1 Å². The molecule has 1 unspecified atom stereocenters. The number of benzene rings is 2. The number of hydrogen-bond acceptors (Lipinski definition) is 6. The Balaban J connectivity index is 1.43. The Morgan fingerprint density at radius 3 is 2.71 bits per heavy atom. The van der Waals surface area contributed by atoms with Crippen molar-refractivity contribution in [1.29, 1.82) is 0 Å². The predicted molar refractivity (Wildman–Crippen MR) is 139 cm³/mol. The summed E-state index contributed by atoms with van der Waals surface area (Å²) >= 11 is 1.83. The van der Waals surface area contributed by atoms with Gasteiger partial charge in [0.15, 0.2) is 0 Å². The SMILES string of the molecule is CSCCCOc1cc(C)c(-c2cccc(COc3cc4c(cn3)C(CC(=O)O)CO4)c2)c(C)c1. The zero-order valence-electron chi connectivity index (χ0n) is 20.4. The maximum absolute atomic E-state index is 11.0. The van der Waals surface area contributed by atoms with Gasteiger partial charge >= 0.3 is 5.97 Å². The van der Waals surface area contributed by atoms with E-state index in [1.165, 1.54) is 16.7 Å². The molecule has 2 aromatic carbocycles. The number of carbonyl (C=O) groups is 1. The van der Waals surface area contributed by atoms with Crippen LogP contribution in [-0.4, -0.2) is 41.3 Å². The van der Waals surface area contributed by atoms with Crippen molar-refractivity contribution in [1.82, 2.24) is 4.98 Å². The van der Waals surface area contributed by atoms with Crippen molar-refractivity contribution in [3.63, 3.8) is 0 Å². The fourth-order valence-corrected chi connectivity index (χ4v) is 4.84. The molecule has 0 amide bonds. The highest BCUT2D eigenvalue weighted by Crippen LogP contribution is 2.37. The molecule has 7 heteroatoms. The van der Waals surface area contributed by atoms with Crippen LogP contribution in [0.5, 0.6) is 17.4 Å². The van der Waals surface area contributed by atoms with Crippen LogP contribution < -0.4 is 14.2 Å². The molecule has 1 aromatic heterocycles. The molecule has 184 valence electrons. The topological polar surface area (TPSA) is 77.9 Å². The van der Waals surface area contributed by atoms with Crippen LogP contribution in [0.1, 0.15) is 41.0 Å². The predicted octanol–water partition coefficient (Wildman–Crippen LogP) is 6.03. The van der Waals surface area contributed by atoms with Gasteiger partial charge in [-0.1, -0.05) is 18.2 Å². The molecule has 1 aliphatic rings. The zero-order valence-corrected chi connectivity index (χ0v) is 21.2. The van der Waals surface area contributed by atoms with Crippen molar-refractivity contribution in [3.05, 3.63) is 70.9 Å². The number of pyridine rings is 1. The van der Waals surface area contributed by atoms with Crippen molar-refractivity contribution in [3.8, 4) is 28.5 Å². The second-order valence-corrected chi connectivity index (χ2v) is 9.77. The zero-order chi connectivity index (χ0) is 24.8. The van der Waals surface area contributed by atoms with E-state index in [-0.39, 0.29) is 12.3 Å². The van der Waals surface area contributed by atoms with Crippen LogP contribution in [-0.2, 0) is 11.4 Å². The van der Waals surface area contributed by atoms with E-state index in [2.05, 4.69) is 49.4 Å². The van der Waals surface area contributed by atoms with Crippen molar-refractivity contribution in [2.75, 3.05) is 25.2 Å². The number of aryl methyl sites for hydroxylation is 2. The summed E-state index contributed by atoms with van der Waals surface area (Å²) in [5.74, 6) is 2.12. The molecule has 6 nitrogen and oxygen atoms in total. The molecule has 0 radical (unpaired) electrons. The molecule has 0 bridgehead atoms. The molecule has 35 heavy (non-hydrogen) atoms. The molecule has 1 atom stereocenters. The minimum atomic E-state index is -0.842. The summed E-state index contributed by atoms with van der Waals surface area (Å²) in [4.78, 5) is 15.4. The standard InChI is InChI=1S/C28H31NO5S/c1-18-10-23(32-8-5-9-35-3)11-19(2)28(18)21-7-4-6-20(12-21)16-34-26-14-25-24(15-29-26)22(17-33-25)13-27(30)31/h4,6-7,10-12,14-15,22H,5,8-9,13,16-17H2,1-3H3,(H,30,31). The van der Waals surface area contributed by atoms with Gasteiger partial charge < -0.3 is 19.3 Å². The Hall–Kier alpha value is -3.19. The maximum atomic E-state index is 11.0. The Labute approximate surface area is 210 Å². The molecule has 3 aromatic rings. The van der Waals surface area contributed by atoms with Crippen LogP contribution in [0.3, 0.4) is 0 Å². The van der Waals surface area contributed by atoms with Crippen molar-refractivity contribution >= 4 is 17.7 Å². The van der Waals surface area contributed by atoms with Crippen LogP contribution >= 0.6 is 11.8 Å². The Morgan fingerprint density at radius 1 is 1.17 bits per heavy atom. The minimum absolute atomic E-state index is 0.0334. The third-order valence-corrected chi connectivity index (χ3v) is 6.74. The van der Waals surface area contributed by atoms with Crippen molar-refractivity contribution < 1.29 is 24.1 Å². The summed E-state index contributed by atoms with van der Waals surface area (Å²) in [6, 6.07) is 14.3. The number of nitrogens with zero attached hydrogens (tertiary/aromatic N) is 1. The lowest BCUT2D eigenvalue weighted by Crippen LogP contribution is -2.07. The molecule has 4 rings (SSSR count). The second kappa shape index (κ2) is 11.5. The number of aromatic nitrogens is 1. The Kier molecular flexibility index (Phi) is 8.18. The van der Waals surface area contributed by atoms with E-state index in [0.29, 0.717) is 24.8 Å². The first-order valence-electron chi connectivity index (χ1n) is 11.7. The van der Waals surface area contributed by atoms with Gasteiger partial charge in [-0.25, -0.2) is 4.98 Å². The van der Waals surface area contributed by atoms with Crippen molar-refractivity contribution in [2.45, 2.75) is 39.2 Å². The Bertz CT molecular complexity index is 1170. The van der Waals surface area contributed by atoms with E-state index in [4.69, 9.17) is 19.3 Å². The van der Waals surface area contributed by atoms with Gasteiger partial charge in [-0.05, 0) is 78.3 Å². The monoisotopic (exact) mass is 493 g/mol. The molecule has 0 saturated heterocycles. The quantitative estimate of drug-likeness (QED) is 0.327. The number of rotatable bonds is 11. The second-order valence-electron chi connectivity index (χ2n) is 8.78. The lowest BCUT2D eigenvalue weighted by Gasteiger charge is -2.15. The number of carboxylic acids is 1. The van der Waals surface area contributed by atoms with Gasteiger partial charge in [0.2, 0.25) is 5.88 Å². The van der Waals surface area contributed by atoms with Crippen LogP contribution in [0.2, 0.25) is 0 Å². The summed E-state index contributed by atoms with van der Waals surface area (Å²) in [6.07, 6.45) is 4.85. The van der Waals surface area contributed by atoms with E-state index in [9.17, 15) is 4.79 Å². The lowest BCUT2D eigenvalue weighted by atomic mass is 9.94. The highest BCUT2D eigenvalue weighted by Gasteiger charge is 2.27. The van der Waals surface area contributed by atoms with E-state index in [0.717, 1.165) is 41.2 Å². The molecule has 0 fully saturated rings. The van der Waals surface area contributed by atoms with Gasteiger partial charge in [-0.3, -0.25) is 4.79 Å². The van der Waals surface area contributed by atoms with Gasteiger partial charge in [-0.15, -0.1) is 0 Å². The molecular weight excluding hydrogens is 462 g/mol. The summed E-state index contributed by atoms with van der Waals surface area (Å²) in [5, 5.41) is 9.06. The van der Waals surface area contributed by atoms with Crippen LogP contribution in [0.4, 0.5) is 0 Å². The Morgan fingerprint density at radius 2 is 1.97 bits per heavy atom. The number of aliphatic carboxylic acids is 1. The summed E-state index contributed by atoms with van der Waals surface area (Å²) in [5.41, 5.74) is 6.55. The molecule has 2 heterocycles. The molecule has 0 spiro atoms. The van der Waals surface area contributed by atoms with E-state index in [1.807, 2.05) is 23.9 Å². The number of thioether (sulfide) groups is 1. The largest absolute Gasteiger partial charge is 0.494 e. The molecule has 1 aliphatic heterocycles. The number of fused-ring (bicyclic) bond motifs is 1. The van der Waals surface area contributed by atoms with Crippen LogP contribution in [0.25, 0.3) is 11.1 Å². The first kappa shape index (κ1) is 24.9. The third kappa shape index (κ3) is 6.28. The van der Waals surface area contributed by atoms with E-state index >= 15 is 0 Å². The highest BCUT2D eigenvalue weighted by atomic mass is 32.2. The van der Waals surface area contributed by atoms with Crippen LogP contribution in [0, 0.1) is 13.8 Å². The summed E-state index contributed by atoms with van der Waals surface area (Å²) in [6.45, 7) is 5.69. The van der Waals surface area contributed by atoms with Gasteiger partial charge in [0.05, 0.1) is 19.6 Å². The van der Waals surface area contributed by atoms with Gasteiger partial charge in [0, 0.05) is 23.7 Å². The van der Waals surface area contributed by atoms with E-state index in [1.54, 1.807) is 12.3 Å². The normalized spacial score (nSPS) is 14.3. The van der Waals surface area contributed by atoms with Crippen LogP contribution in [0.15, 0.2) is 48.7 Å². The average Bonchev–Trinajstić information content (AvgIpc) is 3.22. The first-order chi connectivity index (χ1) is 16.9. The highest BCUT2D eigenvalue weighted by molar-refractivity contribution is 7.98. The minimum Gasteiger partial charge on any atom is -0.494 e. The number of ether oxygens (including phenoxy) is 3. The fourth-order valence-electron chi connectivity index (χ4n) is 4.43. The smallest absolute Gasteiger partial charge is 0.304 e. The number of carboxylic acid groups (broad SMARTS) is 1. The third-order valence-electron chi connectivity index (χ3n) is 6.04.